The lowest BCUT2D eigenvalue weighted by Gasteiger charge is -2.14. The summed E-state index contributed by atoms with van der Waals surface area (Å²) in [7, 11) is 0. The molecule has 0 aliphatic carbocycles. The van der Waals surface area contributed by atoms with Crippen LogP contribution in [0.15, 0.2) is 42.5 Å². The molecule has 1 aliphatic heterocycles. The number of benzene rings is 2. The van der Waals surface area contributed by atoms with Crippen molar-refractivity contribution >= 4 is 10.8 Å². The molecule has 0 N–H and O–H groups in total. The minimum Gasteiger partial charge on any atom is -0.494 e. The summed E-state index contributed by atoms with van der Waals surface area (Å²) in [6.45, 7) is 4.73. The van der Waals surface area contributed by atoms with Crippen LogP contribution in [0, 0.1) is 0 Å². The number of likely N-dealkylation sites (tertiary alicyclic amines) is 1. The second kappa shape index (κ2) is 7.46. The SMILES string of the molecule is c1ccc2cc(OCCCCCN3CCCC3)ccc2c1. The zero-order chi connectivity index (χ0) is 14.3. The molecule has 0 saturated carbocycles. The standard InChI is InChI=1S/C19H25NO/c1(4-12-20-13-5-6-14-20)7-15-21-19-11-10-17-8-2-3-9-18(17)16-19/h2-3,8-11,16H,1,4-7,12-15H2. The molecule has 1 heterocycles. The molecule has 2 aromatic rings. The Bertz CT molecular complexity index is 560. The topological polar surface area (TPSA) is 12.5 Å². The third-order valence-corrected chi connectivity index (χ3v) is 4.31. The highest BCUT2D eigenvalue weighted by molar-refractivity contribution is 5.83. The van der Waals surface area contributed by atoms with E-state index in [0.29, 0.717) is 0 Å². The molecule has 0 bridgehead atoms. The minimum absolute atomic E-state index is 0.832. The summed E-state index contributed by atoms with van der Waals surface area (Å²) in [5.74, 6) is 0.994. The van der Waals surface area contributed by atoms with E-state index >= 15 is 0 Å². The number of hydrogen-bond acceptors (Lipinski definition) is 2. The van der Waals surface area contributed by atoms with Crippen LogP contribution in [0.1, 0.15) is 32.1 Å². The number of hydrogen-bond donors (Lipinski definition) is 0. The average Bonchev–Trinajstić information content (AvgIpc) is 3.04. The molecule has 21 heavy (non-hydrogen) atoms. The quantitative estimate of drug-likeness (QED) is 0.694. The summed E-state index contributed by atoms with van der Waals surface area (Å²) < 4.78 is 5.87. The molecule has 2 heteroatoms. The van der Waals surface area contributed by atoms with E-state index in [-0.39, 0.29) is 0 Å². The van der Waals surface area contributed by atoms with E-state index in [1.165, 1.54) is 56.1 Å². The zero-order valence-electron chi connectivity index (χ0n) is 12.8. The van der Waals surface area contributed by atoms with E-state index in [4.69, 9.17) is 4.74 Å². The monoisotopic (exact) mass is 283 g/mol. The van der Waals surface area contributed by atoms with Gasteiger partial charge in [0, 0.05) is 0 Å². The Balaban J connectivity index is 1.36. The number of ether oxygens (including phenoxy) is 1. The summed E-state index contributed by atoms with van der Waals surface area (Å²) in [4.78, 5) is 2.59. The summed E-state index contributed by atoms with van der Waals surface area (Å²) in [6, 6.07) is 14.8. The molecule has 1 saturated heterocycles. The molecule has 0 spiro atoms. The largest absolute Gasteiger partial charge is 0.494 e. The van der Waals surface area contributed by atoms with Gasteiger partial charge in [-0.1, -0.05) is 30.3 Å². The Labute approximate surface area is 127 Å². The highest BCUT2D eigenvalue weighted by Crippen LogP contribution is 2.20. The van der Waals surface area contributed by atoms with Crippen LogP contribution >= 0.6 is 0 Å². The molecule has 0 aromatic heterocycles. The van der Waals surface area contributed by atoms with Gasteiger partial charge >= 0.3 is 0 Å². The van der Waals surface area contributed by atoms with Crippen molar-refractivity contribution in [3.8, 4) is 5.75 Å². The van der Waals surface area contributed by atoms with Gasteiger partial charge < -0.3 is 9.64 Å². The maximum absolute atomic E-state index is 5.87. The van der Waals surface area contributed by atoms with E-state index in [0.717, 1.165) is 18.8 Å². The molecule has 3 rings (SSSR count). The zero-order valence-corrected chi connectivity index (χ0v) is 12.8. The Morgan fingerprint density at radius 3 is 2.52 bits per heavy atom. The molecule has 112 valence electrons. The molecular weight excluding hydrogens is 258 g/mol. The van der Waals surface area contributed by atoms with Crippen LogP contribution in [0.4, 0.5) is 0 Å². The first-order chi connectivity index (χ1) is 10.4. The van der Waals surface area contributed by atoms with Crippen molar-refractivity contribution < 1.29 is 4.74 Å². The predicted molar refractivity (Wildman–Crippen MR) is 89.0 cm³/mol. The first-order valence-corrected chi connectivity index (χ1v) is 8.26. The molecule has 0 unspecified atom stereocenters. The van der Waals surface area contributed by atoms with Crippen LogP contribution < -0.4 is 4.74 Å². The van der Waals surface area contributed by atoms with Crippen LogP contribution in [0.25, 0.3) is 10.8 Å². The van der Waals surface area contributed by atoms with Gasteiger partial charge in [0.05, 0.1) is 6.61 Å². The van der Waals surface area contributed by atoms with Gasteiger partial charge in [0.1, 0.15) is 5.75 Å². The van der Waals surface area contributed by atoms with E-state index in [2.05, 4.69) is 47.4 Å². The number of rotatable bonds is 7. The van der Waals surface area contributed by atoms with Crippen molar-refractivity contribution in [2.24, 2.45) is 0 Å². The number of fused-ring (bicyclic) bond motifs is 1. The molecule has 0 radical (unpaired) electrons. The van der Waals surface area contributed by atoms with E-state index in [1.54, 1.807) is 0 Å². The molecule has 2 aromatic carbocycles. The lowest BCUT2D eigenvalue weighted by atomic mass is 10.1. The van der Waals surface area contributed by atoms with Crippen LogP contribution in [0.2, 0.25) is 0 Å². The van der Waals surface area contributed by atoms with Crippen molar-refractivity contribution in [3.05, 3.63) is 42.5 Å². The lowest BCUT2D eigenvalue weighted by Crippen LogP contribution is -2.20. The maximum Gasteiger partial charge on any atom is 0.119 e. The van der Waals surface area contributed by atoms with Gasteiger partial charge in [-0.2, -0.15) is 0 Å². The Morgan fingerprint density at radius 1 is 0.857 bits per heavy atom. The molecular formula is C19H25NO. The second-order valence-electron chi connectivity index (χ2n) is 5.97. The fourth-order valence-electron chi connectivity index (χ4n) is 3.07. The van der Waals surface area contributed by atoms with Crippen LogP contribution in [-0.2, 0) is 0 Å². The third-order valence-electron chi connectivity index (χ3n) is 4.31. The van der Waals surface area contributed by atoms with Crippen molar-refractivity contribution in [1.82, 2.24) is 4.90 Å². The Hall–Kier alpha value is -1.54. The van der Waals surface area contributed by atoms with E-state index in [9.17, 15) is 0 Å². The predicted octanol–water partition coefficient (Wildman–Crippen LogP) is 4.48. The highest BCUT2D eigenvalue weighted by atomic mass is 16.5. The Morgan fingerprint density at radius 2 is 1.67 bits per heavy atom. The summed E-state index contributed by atoms with van der Waals surface area (Å²) >= 11 is 0. The van der Waals surface area contributed by atoms with Crippen molar-refractivity contribution in [1.29, 1.82) is 0 Å². The van der Waals surface area contributed by atoms with Gasteiger partial charge in [0.15, 0.2) is 0 Å². The fraction of sp³-hybridized carbons (Fsp3) is 0.474. The number of nitrogens with zero attached hydrogens (tertiary/aromatic N) is 1. The minimum atomic E-state index is 0.832. The van der Waals surface area contributed by atoms with Crippen LogP contribution in [0.3, 0.4) is 0 Å². The normalized spacial score (nSPS) is 15.6. The molecule has 1 fully saturated rings. The average molecular weight is 283 g/mol. The smallest absolute Gasteiger partial charge is 0.119 e. The maximum atomic E-state index is 5.87. The summed E-state index contributed by atoms with van der Waals surface area (Å²) in [5.41, 5.74) is 0. The van der Waals surface area contributed by atoms with Gasteiger partial charge in [-0.15, -0.1) is 0 Å². The van der Waals surface area contributed by atoms with Crippen LogP contribution in [-0.4, -0.2) is 31.1 Å². The van der Waals surface area contributed by atoms with Gasteiger partial charge in [-0.05, 0) is 74.6 Å². The highest BCUT2D eigenvalue weighted by Gasteiger charge is 2.09. The third kappa shape index (κ3) is 4.21. The first-order valence-electron chi connectivity index (χ1n) is 8.26. The first kappa shape index (κ1) is 14.4. The molecule has 1 aliphatic rings. The summed E-state index contributed by atoms with van der Waals surface area (Å²) in [5, 5.41) is 2.53. The van der Waals surface area contributed by atoms with Gasteiger partial charge in [0.25, 0.3) is 0 Å². The molecule has 0 amide bonds. The molecule has 2 nitrogen and oxygen atoms in total. The van der Waals surface area contributed by atoms with Crippen molar-refractivity contribution in [2.45, 2.75) is 32.1 Å². The van der Waals surface area contributed by atoms with E-state index < -0.39 is 0 Å². The van der Waals surface area contributed by atoms with Gasteiger partial charge in [-0.25, -0.2) is 0 Å². The second-order valence-corrected chi connectivity index (χ2v) is 5.97. The van der Waals surface area contributed by atoms with E-state index in [1.807, 2.05) is 0 Å². The van der Waals surface area contributed by atoms with Crippen molar-refractivity contribution in [2.75, 3.05) is 26.2 Å². The van der Waals surface area contributed by atoms with Gasteiger partial charge in [0.2, 0.25) is 0 Å². The van der Waals surface area contributed by atoms with Crippen molar-refractivity contribution in [3.63, 3.8) is 0 Å². The lowest BCUT2D eigenvalue weighted by molar-refractivity contribution is 0.290. The Kier molecular flexibility index (Phi) is 5.12. The van der Waals surface area contributed by atoms with Gasteiger partial charge in [-0.3, -0.25) is 0 Å². The van der Waals surface area contributed by atoms with Crippen LogP contribution in [0.5, 0.6) is 5.75 Å². The fourth-order valence-corrected chi connectivity index (χ4v) is 3.07. The number of unbranched alkanes of at least 4 members (excludes halogenated alkanes) is 2. The summed E-state index contributed by atoms with van der Waals surface area (Å²) in [6.07, 6.45) is 6.52. The molecule has 0 atom stereocenters.